The van der Waals surface area contributed by atoms with E-state index in [1.54, 1.807) is 6.20 Å². The summed E-state index contributed by atoms with van der Waals surface area (Å²) >= 11 is 0. The van der Waals surface area contributed by atoms with Crippen LogP contribution < -0.4 is 5.32 Å². The number of hydrogen-bond acceptors (Lipinski definition) is 4. The van der Waals surface area contributed by atoms with E-state index in [0.29, 0.717) is 19.6 Å². The Balaban J connectivity index is 1.90. The molecule has 1 aliphatic rings. The van der Waals surface area contributed by atoms with Gasteiger partial charge < -0.3 is 15.2 Å². The van der Waals surface area contributed by atoms with E-state index < -0.39 is 5.60 Å². The minimum atomic E-state index is -0.740. The van der Waals surface area contributed by atoms with Crippen LogP contribution >= 0.6 is 0 Å². The van der Waals surface area contributed by atoms with Crippen LogP contribution in [0.4, 0.5) is 0 Å². The molecule has 0 aliphatic carbocycles. The Kier molecular flexibility index (Phi) is 3.76. The van der Waals surface area contributed by atoms with Crippen molar-refractivity contribution in [1.29, 1.82) is 0 Å². The number of hydrogen-bond donors (Lipinski definition) is 2. The standard InChI is InChI=1S/C13H20N2O2/c1-10(12-4-3-6-14-8-12)15-9-13(16)5-7-17-11(13)2/h3-4,6,8,10-11,15-16H,5,7,9H2,1-2H3. The van der Waals surface area contributed by atoms with Crippen LogP contribution in [0.1, 0.15) is 31.9 Å². The van der Waals surface area contributed by atoms with E-state index in [2.05, 4.69) is 17.2 Å². The second-order valence-electron chi connectivity index (χ2n) is 4.76. The van der Waals surface area contributed by atoms with Crippen molar-refractivity contribution in [2.45, 2.75) is 38.0 Å². The fraction of sp³-hybridized carbons (Fsp3) is 0.615. The summed E-state index contributed by atoms with van der Waals surface area (Å²) in [5, 5.41) is 13.7. The van der Waals surface area contributed by atoms with Crippen molar-refractivity contribution in [3.05, 3.63) is 30.1 Å². The van der Waals surface area contributed by atoms with E-state index in [4.69, 9.17) is 4.74 Å². The molecule has 1 saturated heterocycles. The third-order valence-electron chi connectivity index (χ3n) is 3.56. The Bertz CT molecular complexity index is 358. The van der Waals surface area contributed by atoms with Crippen molar-refractivity contribution in [3.8, 4) is 0 Å². The van der Waals surface area contributed by atoms with Gasteiger partial charge in [0.05, 0.1) is 6.10 Å². The molecule has 4 nitrogen and oxygen atoms in total. The third-order valence-corrected chi connectivity index (χ3v) is 3.56. The molecule has 1 aromatic rings. The fourth-order valence-corrected chi connectivity index (χ4v) is 2.08. The van der Waals surface area contributed by atoms with E-state index in [1.165, 1.54) is 0 Å². The van der Waals surface area contributed by atoms with Gasteiger partial charge in [0.1, 0.15) is 5.60 Å². The number of aliphatic hydroxyl groups is 1. The lowest BCUT2D eigenvalue weighted by Crippen LogP contribution is -2.46. The average Bonchev–Trinajstić information content (AvgIpc) is 2.68. The molecule has 2 heterocycles. The van der Waals surface area contributed by atoms with Crippen LogP contribution in [0, 0.1) is 0 Å². The molecule has 0 amide bonds. The minimum Gasteiger partial charge on any atom is -0.386 e. The van der Waals surface area contributed by atoms with E-state index in [0.717, 1.165) is 5.56 Å². The molecule has 3 unspecified atom stereocenters. The number of ether oxygens (including phenoxy) is 1. The lowest BCUT2D eigenvalue weighted by molar-refractivity contribution is -0.0274. The van der Waals surface area contributed by atoms with Gasteiger partial charge in [0.15, 0.2) is 0 Å². The quantitative estimate of drug-likeness (QED) is 0.826. The van der Waals surface area contributed by atoms with Crippen LogP contribution in [0.2, 0.25) is 0 Å². The average molecular weight is 236 g/mol. The molecule has 94 valence electrons. The number of pyridine rings is 1. The van der Waals surface area contributed by atoms with Gasteiger partial charge in [0, 0.05) is 38.0 Å². The van der Waals surface area contributed by atoms with Crippen molar-refractivity contribution in [2.75, 3.05) is 13.2 Å². The summed E-state index contributed by atoms with van der Waals surface area (Å²) in [6.07, 6.45) is 4.20. The second-order valence-corrected chi connectivity index (χ2v) is 4.76. The number of nitrogens with one attached hydrogen (secondary N) is 1. The van der Waals surface area contributed by atoms with Gasteiger partial charge in [0.25, 0.3) is 0 Å². The molecular weight excluding hydrogens is 216 g/mol. The first kappa shape index (κ1) is 12.5. The summed E-state index contributed by atoms with van der Waals surface area (Å²) in [5.74, 6) is 0. The van der Waals surface area contributed by atoms with Crippen LogP contribution in [0.25, 0.3) is 0 Å². The van der Waals surface area contributed by atoms with Gasteiger partial charge in [-0.05, 0) is 25.5 Å². The highest BCUT2D eigenvalue weighted by Gasteiger charge is 2.39. The zero-order valence-corrected chi connectivity index (χ0v) is 10.4. The van der Waals surface area contributed by atoms with Gasteiger partial charge in [0.2, 0.25) is 0 Å². The molecule has 0 bridgehead atoms. The molecule has 17 heavy (non-hydrogen) atoms. The summed E-state index contributed by atoms with van der Waals surface area (Å²) in [5.41, 5.74) is 0.388. The van der Waals surface area contributed by atoms with Gasteiger partial charge >= 0.3 is 0 Å². The van der Waals surface area contributed by atoms with Crippen LogP contribution in [0.5, 0.6) is 0 Å². The van der Waals surface area contributed by atoms with Crippen molar-refractivity contribution >= 4 is 0 Å². The van der Waals surface area contributed by atoms with Gasteiger partial charge in [-0.2, -0.15) is 0 Å². The Labute approximate surface area is 102 Å². The molecule has 4 heteroatoms. The number of rotatable bonds is 4. The molecule has 0 saturated carbocycles. The third kappa shape index (κ3) is 2.83. The van der Waals surface area contributed by atoms with Crippen LogP contribution in [0.3, 0.4) is 0 Å². The molecule has 2 N–H and O–H groups in total. The highest BCUT2D eigenvalue weighted by atomic mass is 16.5. The van der Waals surface area contributed by atoms with Gasteiger partial charge in [-0.25, -0.2) is 0 Å². The summed E-state index contributed by atoms with van der Waals surface area (Å²) in [7, 11) is 0. The molecule has 2 rings (SSSR count). The minimum absolute atomic E-state index is 0.101. The molecule has 1 fully saturated rings. The van der Waals surface area contributed by atoms with Crippen LogP contribution in [0.15, 0.2) is 24.5 Å². The summed E-state index contributed by atoms with van der Waals surface area (Å²) in [6.45, 7) is 5.18. The zero-order valence-electron chi connectivity index (χ0n) is 10.4. The Morgan fingerprint density at radius 1 is 1.71 bits per heavy atom. The summed E-state index contributed by atoms with van der Waals surface area (Å²) in [4.78, 5) is 4.09. The fourth-order valence-electron chi connectivity index (χ4n) is 2.08. The van der Waals surface area contributed by atoms with Gasteiger partial charge in [-0.1, -0.05) is 6.07 Å². The lowest BCUT2D eigenvalue weighted by atomic mass is 9.96. The van der Waals surface area contributed by atoms with Gasteiger partial charge in [-0.15, -0.1) is 0 Å². The molecule has 0 aromatic carbocycles. The molecule has 3 atom stereocenters. The van der Waals surface area contributed by atoms with E-state index >= 15 is 0 Å². The maximum atomic E-state index is 10.4. The Morgan fingerprint density at radius 2 is 2.53 bits per heavy atom. The topological polar surface area (TPSA) is 54.4 Å². The maximum absolute atomic E-state index is 10.4. The first-order chi connectivity index (χ1) is 8.12. The SMILES string of the molecule is CC(NCC1(O)CCOC1C)c1cccnc1. The summed E-state index contributed by atoms with van der Waals surface area (Å²) in [6, 6.07) is 4.13. The van der Waals surface area contributed by atoms with E-state index in [9.17, 15) is 5.11 Å². The molecule has 1 aromatic heterocycles. The van der Waals surface area contributed by atoms with E-state index in [-0.39, 0.29) is 12.1 Å². The monoisotopic (exact) mass is 236 g/mol. The van der Waals surface area contributed by atoms with Crippen molar-refractivity contribution < 1.29 is 9.84 Å². The molecule has 0 spiro atoms. The molecule has 0 radical (unpaired) electrons. The lowest BCUT2D eigenvalue weighted by Gasteiger charge is -2.28. The smallest absolute Gasteiger partial charge is 0.105 e. The van der Waals surface area contributed by atoms with Crippen LogP contribution in [-0.4, -0.2) is 34.9 Å². The number of nitrogens with zero attached hydrogens (tertiary/aromatic N) is 1. The normalized spacial score (nSPS) is 30.4. The molecule has 1 aliphatic heterocycles. The second kappa shape index (κ2) is 5.12. The van der Waals surface area contributed by atoms with Crippen molar-refractivity contribution in [1.82, 2.24) is 10.3 Å². The first-order valence-electron chi connectivity index (χ1n) is 6.09. The highest BCUT2D eigenvalue weighted by Crippen LogP contribution is 2.25. The predicted molar refractivity (Wildman–Crippen MR) is 65.6 cm³/mol. The van der Waals surface area contributed by atoms with Crippen molar-refractivity contribution in [3.63, 3.8) is 0 Å². The predicted octanol–water partition coefficient (Wildman–Crippen LogP) is 1.27. The number of aromatic nitrogens is 1. The Morgan fingerprint density at radius 3 is 3.12 bits per heavy atom. The van der Waals surface area contributed by atoms with Gasteiger partial charge in [-0.3, -0.25) is 4.98 Å². The molecular formula is C13H20N2O2. The van der Waals surface area contributed by atoms with Crippen molar-refractivity contribution in [2.24, 2.45) is 0 Å². The van der Waals surface area contributed by atoms with Crippen LogP contribution in [-0.2, 0) is 4.74 Å². The summed E-state index contributed by atoms with van der Waals surface area (Å²) < 4.78 is 5.40. The maximum Gasteiger partial charge on any atom is 0.105 e. The van der Waals surface area contributed by atoms with E-state index in [1.807, 2.05) is 25.3 Å². The highest BCUT2D eigenvalue weighted by molar-refractivity contribution is 5.13. The largest absolute Gasteiger partial charge is 0.386 e. The Hall–Kier alpha value is -0.970. The first-order valence-corrected chi connectivity index (χ1v) is 6.09. The zero-order chi connectivity index (χ0) is 12.3.